The summed E-state index contributed by atoms with van der Waals surface area (Å²) in [7, 11) is 1.70. The van der Waals surface area contributed by atoms with Gasteiger partial charge in [0, 0.05) is 24.4 Å². The summed E-state index contributed by atoms with van der Waals surface area (Å²) in [5, 5.41) is 3.62. The number of pyridine rings is 1. The molecule has 0 bridgehead atoms. The van der Waals surface area contributed by atoms with Gasteiger partial charge in [0.15, 0.2) is 0 Å². The van der Waals surface area contributed by atoms with Crippen LogP contribution in [-0.4, -0.2) is 24.7 Å². The highest BCUT2D eigenvalue weighted by Crippen LogP contribution is 2.14. The first-order valence-electron chi connectivity index (χ1n) is 7.58. The molecule has 0 aliphatic rings. The largest absolute Gasteiger partial charge is 0.497 e. The van der Waals surface area contributed by atoms with Crippen LogP contribution in [0.15, 0.2) is 48.7 Å². The lowest BCUT2D eigenvalue weighted by Gasteiger charge is -2.18. The average Bonchev–Trinajstić information content (AvgIpc) is 2.54. The Morgan fingerprint density at radius 1 is 1.10 bits per heavy atom. The second-order valence-electron chi connectivity index (χ2n) is 5.23. The Kier molecular flexibility index (Phi) is 6.22. The van der Waals surface area contributed by atoms with Crippen molar-refractivity contribution in [3.8, 4) is 5.75 Å². The average molecular weight is 284 g/mol. The van der Waals surface area contributed by atoms with E-state index >= 15 is 0 Å². The molecule has 0 saturated heterocycles. The van der Waals surface area contributed by atoms with Gasteiger partial charge in [-0.2, -0.15) is 0 Å². The van der Waals surface area contributed by atoms with Crippen LogP contribution in [0.5, 0.6) is 5.75 Å². The van der Waals surface area contributed by atoms with Gasteiger partial charge in [-0.3, -0.25) is 4.98 Å². The van der Waals surface area contributed by atoms with Gasteiger partial charge in [0.05, 0.1) is 7.11 Å². The van der Waals surface area contributed by atoms with Gasteiger partial charge >= 0.3 is 0 Å². The smallest absolute Gasteiger partial charge is 0.118 e. The second-order valence-corrected chi connectivity index (χ2v) is 5.23. The molecule has 0 amide bonds. The van der Waals surface area contributed by atoms with Gasteiger partial charge in [0.2, 0.25) is 0 Å². The molecule has 3 heteroatoms. The van der Waals surface area contributed by atoms with Crippen molar-refractivity contribution < 1.29 is 4.74 Å². The van der Waals surface area contributed by atoms with Crippen molar-refractivity contribution in [3.63, 3.8) is 0 Å². The Morgan fingerprint density at radius 2 is 1.90 bits per heavy atom. The molecule has 0 fully saturated rings. The van der Waals surface area contributed by atoms with Crippen molar-refractivity contribution in [1.82, 2.24) is 10.3 Å². The van der Waals surface area contributed by atoms with E-state index < -0.39 is 0 Å². The Balaban J connectivity index is 2.00. The maximum Gasteiger partial charge on any atom is 0.118 e. The van der Waals surface area contributed by atoms with Crippen molar-refractivity contribution in [1.29, 1.82) is 0 Å². The Bertz CT molecular complexity index is 511. The highest BCUT2D eigenvalue weighted by atomic mass is 16.5. The van der Waals surface area contributed by atoms with E-state index in [1.807, 2.05) is 30.5 Å². The number of rotatable bonds is 8. The molecule has 0 radical (unpaired) electrons. The number of benzene rings is 1. The van der Waals surface area contributed by atoms with Gasteiger partial charge in [0.1, 0.15) is 5.75 Å². The molecule has 1 atom stereocenters. The number of ether oxygens (including phenoxy) is 1. The topological polar surface area (TPSA) is 34.1 Å². The van der Waals surface area contributed by atoms with Crippen LogP contribution in [-0.2, 0) is 12.8 Å². The van der Waals surface area contributed by atoms with Crippen LogP contribution in [0.2, 0.25) is 0 Å². The van der Waals surface area contributed by atoms with Gasteiger partial charge < -0.3 is 10.1 Å². The van der Waals surface area contributed by atoms with E-state index in [-0.39, 0.29) is 0 Å². The first-order chi connectivity index (χ1) is 10.3. The number of aromatic nitrogens is 1. The molecule has 1 aromatic heterocycles. The van der Waals surface area contributed by atoms with E-state index in [0.717, 1.165) is 37.3 Å². The molecule has 1 N–H and O–H groups in total. The third-order valence-corrected chi connectivity index (χ3v) is 3.51. The molecule has 0 aliphatic heterocycles. The molecule has 1 heterocycles. The number of nitrogens with one attached hydrogen (secondary N) is 1. The van der Waals surface area contributed by atoms with E-state index in [4.69, 9.17) is 4.74 Å². The number of methoxy groups -OCH3 is 1. The van der Waals surface area contributed by atoms with Gasteiger partial charge in [-0.15, -0.1) is 0 Å². The molecule has 2 aromatic rings. The molecular formula is C18H24N2O. The molecule has 112 valence electrons. The molecule has 0 spiro atoms. The van der Waals surface area contributed by atoms with Crippen LogP contribution >= 0.6 is 0 Å². The van der Waals surface area contributed by atoms with Gasteiger partial charge in [0.25, 0.3) is 0 Å². The SMILES string of the molecule is CCCNC(Cc1ccc(OC)cc1)Cc1ccccn1. The molecule has 2 rings (SSSR count). The Hall–Kier alpha value is -1.87. The van der Waals surface area contributed by atoms with Crippen LogP contribution < -0.4 is 10.1 Å². The zero-order valence-electron chi connectivity index (χ0n) is 12.9. The molecule has 1 unspecified atom stereocenters. The van der Waals surface area contributed by atoms with E-state index in [9.17, 15) is 0 Å². The summed E-state index contributed by atoms with van der Waals surface area (Å²) in [4.78, 5) is 4.44. The fourth-order valence-electron chi connectivity index (χ4n) is 2.38. The molecule has 0 saturated carbocycles. The van der Waals surface area contributed by atoms with E-state index in [1.54, 1.807) is 7.11 Å². The summed E-state index contributed by atoms with van der Waals surface area (Å²) in [6, 6.07) is 14.8. The predicted octanol–water partition coefficient (Wildman–Crippen LogP) is 3.24. The zero-order valence-corrected chi connectivity index (χ0v) is 12.9. The van der Waals surface area contributed by atoms with Crippen molar-refractivity contribution >= 4 is 0 Å². The Morgan fingerprint density at radius 3 is 2.52 bits per heavy atom. The number of hydrogen-bond acceptors (Lipinski definition) is 3. The number of hydrogen-bond donors (Lipinski definition) is 1. The maximum absolute atomic E-state index is 5.21. The quantitative estimate of drug-likeness (QED) is 0.808. The normalized spacial score (nSPS) is 12.1. The van der Waals surface area contributed by atoms with Crippen LogP contribution in [0, 0.1) is 0 Å². The van der Waals surface area contributed by atoms with Crippen molar-refractivity contribution in [2.75, 3.05) is 13.7 Å². The van der Waals surface area contributed by atoms with Crippen LogP contribution in [0.25, 0.3) is 0 Å². The Labute approximate surface area is 127 Å². The molecule has 3 nitrogen and oxygen atoms in total. The summed E-state index contributed by atoms with van der Waals surface area (Å²) >= 11 is 0. The first kappa shape index (κ1) is 15.5. The van der Waals surface area contributed by atoms with E-state index in [0.29, 0.717) is 6.04 Å². The lowest BCUT2D eigenvalue weighted by molar-refractivity contribution is 0.414. The van der Waals surface area contributed by atoms with E-state index in [1.165, 1.54) is 5.56 Å². The highest BCUT2D eigenvalue weighted by molar-refractivity contribution is 5.27. The second kappa shape index (κ2) is 8.42. The lowest BCUT2D eigenvalue weighted by Crippen LogP contribution is -2.34. The van der Waals surface area contributed by atoms with Gasteiger partial charge in [-0.05, 0) is 49.2 Å². The zero-order chi connectivity index (χ0) is 14.9. The summed E-state index contributed by atoms with van der Waals surface area (Å²) < 4.78 is 5.21. The van der Waals surface area contributed by atoms with Crippen molar-refractivity contribution in [3.05, 3.63) is 59.9 Å². The minimum absolute atomic E-state index is 0.410. The summed E-state index contributed by atoms with van der Waals surface area (Å²) in [6.45, 7) is 3.23. The fourth-order valence-corrected chi connectivity index (χ4v) is 2.38. The maximum atomic E-state index is 5.21. The van der Waals surface area contributed by atoms with Crippen LogP contribution in [0.3, 0.4) is 0 Å². The van der Waals surface area contributed by atoms with Crippen LogP contribution in [0.1, 0.15) is 24.6 Å². The first-order valence-corrected chi connectivity index (χ1v) is 7.58. The lowest BCUT2D eigenvalue weighted by atomic mass is 10.0. The van der Waals surface area contributed by atoms with Crippen molar-refractivity contribution in [2.45, 2.75) is 32.2 Å². The van der Waals surface area contributed by atoms with Gasteiger partial charge in [-0.25, -0.2) is 0 Å². The van der Waals surface area contributed by atoms with Crippen molar-refractivity contribution in [2.24, 2.45) is 0 Å². The highest BCUT2D eigenvalue weighted by Gasteiger charge is 2.10. The van der Waals surface area contributed by atoms with E-state index in [2.05, 4.69) is 35.4 Å². The predicted molar refractivity (Wildman–Crippen MR) is 86.7 cm³/mol. The van der Waals surface area contributed by atoms with Crippen LogP contribution in [0.4, 0.5) is 0 Å². The molecular weight excluding hydrogens is 260 g/mol. The minimum atomic E-state index is 0.410. The minimum Gasteiger partial charge on any atom is -0.497 e. The fraction of sp³-hybridized carbons (Fsp3) is 0.389. The molecule has 21 heavy (non-hydrogen) atoms. The standard InChI is InChI=1S/C18H24N2O/c1-3-11-19-17(14-16-6-4-5-12-20-16)13-15-7-9-18(21-2)10-8-15/h4-10,12,17,19H,3,11,13-14H2,1-2H3. The summed E-state index contributed by atoms with van der Waals surface area (Å²) in [5.41, 5.74) is 2.46. The summed E-state index contributed by atoms with van der Waals surface area (Å²) in [6.07, 6.45) is 4.95. The monoisotopic (exact) mass is 284 g/mol. The molecule has 0 aliphatic carbocycles. The van der Waals surface area contributed by atoms with Gasteiger partial charge in [-0.1, -0.05) is 25.1 Å². The third-order valence-electron chi connectivity index (χ3n) is 3.51. The number of nitrogens with zero attached hydrogens (tertiary/aromatic N) is 1. The third kappa shape index (κ3) is 5.20. The molecule has 1 aromatic carbocycles. The summed E-state index contributed by atoms with van der Waals surface area (Å²) in [5.74, 6) is 0.904.